The smallest absolute Gasteiger partial charge is 0.335 e. The molecule has 21 heavy (non-hydrogen) atoms. The Morgan fingerprint density at radius 3 is 2.67 bits per heavy atom. The van der Waals surface area contributed by atoms with Crippen molar-refractivity contribution >= 4 is 5.97 Å². The fourth-order valence-electron chi connectivity index (χ4n) is 2.86. The highest BCUT2D eigenvalue weighted by Crippen LogP contribution is 2.30. The van der Waals surface area contributed by atoms with Crippen molar-refractivity contribution in [3.05, 3.63) is 35.4 Å². The molecule has 1 aromatic carbocycles. The van der Waals surface area contributed by atoms with Crippen LogP contribution in [0.5, 0.6) is 0 Å². The van der Waals surface area contributed by atoms with Gasteiger partial charge in [0.1, 0.15) is 0 Å². The Morgan fingerprint density at radius 2 is 2.00 bits per heavy atom. The number of ether oxygens (including phenoxy) is 1. The predicted molar refractivity (Wildman–Crippen MR) is 80.4 cm³/mol. The molecule has 114 valence electrons. The van der Waals surface area contributed by atoms with Crippen molar-refractivity contribution in [2.24, 2.45) is 5.92 Å². The number of carbonyl (C=O) groups is 1. The normalized spacial score (nSPS) is 23.1. The molecule has 0 radical (unpaired) electrons. The first kappa shape index (κ1) is 14.5. The van der Waals surface area contributed by atoms with Gasteiger partial charge in [0, 0.05) is 19.7 Å². The number of carboxylic acid groups (broad SMARTS) is 1. The van der Waals surface area contributed by atoms with E-state index in [1.807, 2.05) is 12.1 Å². The van der Waals surface area contributed by atoms with Crippen LogP contribution in [0.1, 0.15) is 41.6 Å². The highest BCUT2D eigenvalue weighted by Gasteiger charge is 2.25. The highest BCUT2D eigenvalue weighted by atomic mass is 16.5. The summed E-state index contributed by atoms with van der Waals surface area (Å²) in [5, 5.41) is 8.91. The van der Waals surface area contributed by atoms with Gasteiger partial charge in [0.05, 0.1) is 11.7 Å². The number of carboxylic acids is 1. The third-order valence-corrected chi connectivity index (χ3v) is 4.33. The van der Waals surface area contributed by atoms with Gasteiger partial charge in [0.25, 0.3) is 0 Å². The van der Waals surface area contributed by atoms with E-state index >= 15 is 0 Å². The molecule has 1 aromatic rings. The Labute approximate surface area is 125 Å². The van der Waals surface area contributed by atoms with Crippen LogP contribution in [0.4, 0.5) is 0 Å². The number of hydrogen-bond donors (Lipinski definition) is 1. The lowest BCUT2D eigenvalue weighted by Gasteiger charge is -2.32. The average Bonchev–Trinajstić information content (AvgIpc) is 3.30. The Balaban J connectivity index is 1.50. The summed E-state index contributed by atoms with van der Waals surface area (Å²) in [5.41, 5.74) is 1.52. The molecule has 1 aliphatic heterocycles. The van der Waals surface area contributed by atoms with E-state index in [2.05, 4.69) is 4.90 Å². The first-order chi connectivity index (χ1) is 10.2. The molecule has 1 heterocycles. The van der Waals surface area contributed by atoms with E-state index in [0.717, 1.165) is 32.2 Å². The first-order valence-corrected chi connectivity index (χ1v) is 7.87. The van der Waals surface area contributed by atoms with E-state index in [-0.39, 0.29) is 0 Å². The van der Waals surface area contributed by atoms with E-state index in [9.17, 15) is 4.79 Å². The molecule has 0 amide bonds. The molecule has 2 fully saturated rings. The maximum absolute atomic E-state index is 10.9. The summed E-state index contributed by atoms with van der Waals surface area (Å²) >= 11 is 0. The standard InChI is InChI=1S/C17H23NO3/c19-17(20)15-7-5-13(6-8-15)10-18-9-1-2-16(11-18)21-12-14-3-4-14/h5-8,14,16H,1-4,9-12H2,(H,19,20). The molecule has 1 N–H and O–H groups in total. The molecule has 0 aromatic heterocycles. The number of aromatic carboxylic acids is 1. The third-order valence-electron chi connectivity index (χ3n) is 4.33. The van der Waals surface area contributed by atoms with Gasteiger partial charge >= 0.3 is 5.97 Å². The molecule has 1 saturated carbocycles. The molecule has 0 bridgehead atoms. The Morgan fingerprint density at radius 1 is 1.24 bits per heavy atom. The van der Waals surface area contributed by atoms with E-state index in [1.54, 1.807) is 12.1 Å². The summed E-state index contributed by atoms with van der Waals surface area (Å²) in [5.74, 6) is -0.0444. The maximum Gasteiger partial charge on any atom is 0.335 e. The minimum atomic E-state index is -0.868. The van der Waals surface area contributed by atoms with E-state index < -0.39 is 5.97 Å². The van der Waals surface area contributed by atoms with E-state index in [0.29, 0.717) is 11.7 Å². The molecule has 2 aliphatic rings. The molecule has 4 heteroatoms. The van der Waals surface area contributed by atoms with Crippen molar-refractivity contribution in [1.29, 1.82) is 0 Å². The molecule has 1 atom stereocenters. The van der Waals surface area contributed by atoms with Crippen LogP contribution >= 0.6 is 0 Å². The lowest BCUT2D eigenvalue weighted by atomic mass is 10.1. The van der Waals surface area contributed by atoms with Gasteiger partial charge in [-0.05, 0) is 55.8 Å². The largest absolute Gasteiger partial charge is 0.478 e. The monoisotopic (exact) mass is 289 g/mol. The van der Waals surface area contributed by atoms with Crippen molar-refractivity contribution in [1.82, 2.24) is 4.90 Å². The van der Waals surface area contributed by atoms with Crippen molar-refractivity contribution < 1.29 is 14.6 Å². The molecule has 4 nitrogen and oxygen atoms in total. The van der Waals surface area contributed by atoms with Gasteiger partial charge < -0.3 is 9.84 Å². The summed E-state index contributed by atoms with van der Waals surface area (Å²) in [4.78, 5) is 13.3. The van der Waals surface area contributed by atoms with Crippen molar-refractivity contribution in [3.8, 4) is 0 Å². The van der Waals surface area contributed by atoms with Crippen LogP contribution in [0.2, 0.25) is 0 Å². The lowest BCUT2D eigenvalue weighted by molar-refractivity contribution is -0.00723. The second kappa shape index (κ2) is 6.58. The molecule has 1 aliphatic carbocycles. The van der Waals surface area contributed by atoms with E-state index in [4.69, 9.17) is 9.84 Å². The Hall–Kier alpha value is -1.39. The zero-order chi connectivity index (χ0) is 14.7. The Kier molecular flexibility index (Phi) is 4.56. The second-order valence-electron chi connectivity index (χ2n) is 6.28. The SMILES string of the molecule is O=C(O)c1ccc(CN2CCCC(OCC3CC3)C2)cc1. The summed E-state index contributed by atoms with van der Waals surface area (Å²) in [6, 6.07) is 7.20. The number of likely N-dealkylation sites (tertiary alicyclic amines) is 1. The van der Waals surface area contributed by atoms with E-state index in [1.165, 1.54) is 31.2 Å². The molecular formula is C17H23NO3. The minimum Gasteiger partial charge on any atom is -0.478 e. The number of nitrogens with zero attached hydrogens (tertiary/aromatic N) is 1. The molecule has 0 spiro atoms. The summed E-state index contributed by atoms with van der Waals surface area (Å²) in [7, 11) is 0. The van der Waals surface area contributed by atoms with Crippen LogP contribution in [0.25, 0.3) is 0 Å². The molecule has 1 saturated heterocycles. The predicted octanol–water partition coefficient (Wildman–Crippen LogP) is 2.78. The van der Waals surface area contributed by atoms with Gasteiger partial charge in [0.2, 0.25) is 0 Å². The fourth-order valence-corrected chi connectivity index (χ4v) is 2.86. The highest BCUT2D eigenvalue weighted by molar-refractivity contribution is 5.87. The van der Waals surface area contributed by atoms with Gasteiger partial charge in [-0.15, -0.1) is 0 Å². The van der Waals surface area contributed by atoms with Crippen LogP contribution in [0, 0.1) is 5.92 Å². The van der Waals surface area contributed by atoms with Crippen LogP contribution in [0.3, 0.4) is 0 Å². The summed E-state index contributed by atoms with van der Waals surface area (Å²) in [6.45, 7) is 3.91. The lowest BCUT2D eigenvalue weighted by Crippen LogP contribution is -2.39. The average molecular weight is 289 g/mol. The van der Waals surface area contributed by atoms with Crippen LogP contribution in [-0.2, 0) is 11.3 Å². The van der Waals surface area contributed by atoms with Crippen LogP contribution < -0.4 is 0 Å². The van der Waals surface area contributed by atoms with Gasteiger partial charge in [-0.2, -0.15) is 0 Å². The number of hydrogen-bond acceptors (Lipinski definition) is 3. The van der Waals surface area contributed by atoms with Crippen molar-refractivity contribution in [3.63, 3.8) is 0 Å². The fraction of sp³-hybridized carbons (Fsp3) is 0.588. The molecular weight excluding hydrogens is 266 g/mol. The molecule has 1 unspecified atom stereocenters. The quantitative estimate of drug-likeness (QED) is 0.875. The van der Waals surface area contributed by atoms with Crippen LogP contribution in [0.15, 0.2) is 24.3 Å². The third kappa shape index (κ3) is 4.29. The molecule has 3 rings (SSSR count). The Bertz CT molecular complexity index is 481. The van der Waals surface area contributed by atoms with Gasteiger partial charge in [-0.3, -0.25) is 4.90 Å². The summed E-state index contributed by atoms with van der Waals surface area (Å²) < 4.78 is 6.01. The number of piperidine rings is 1. The van der Waals surface area contributed by atoms with Crippen molar-refractivity contribution in [2.75, 3.05) is 19.7 Å². The zero-order valence-corrected chi connectivity index (χ0v) is 12.3. The zero-order valence-electron chi connectivity index (χ0n) is 12.3. The first-order valence-electron chi connectivity index (χ1n) is 7.87. The van der Waals surface area contributed by atoms with Gasteiger partial charge in [-0.1, -0.05) is 12.1 Å². The second-order valence-corrected chi connectivity index (χ2v) is 6.28. The minimum absolute atomic E-state index is 0.350. The van der Waals surface area contributed by atoms with Gasteiger partial charge in [-0.25, -0.2) is 4.79 Å². The van der Waals surface area contributed by atoms with Crippen molar-refractivity contribution in [2.45, 2.75) is 38.3 Å². The van der Waals surface area contributed by atoms with Gasteiger partial charge in [0.15, 0.2) is 0 Å². The maximum atomic E-state index is 10.9. The number of rotatable bonds is 6. The van der Waals surface area contributed by atoms with Crippen LogP contribution in [-0.4, -0.2) is 41.8 Å². The summed E-state index contributed by atoms with van der Waals surface area (Å²) in [6.07, 6.45) is 5.40. The number of benzene rings is 1. The topological polar surface area (TPSA) is 49.8 Å².